The molecule has 3 rings (SSSR count). The van der Waals surface area contributed by atoms with Crippen LogP contribution in [0.4, 0.5) is 5.69 Å². The van der Waals surface area contributed by atoms with Crippen LogP contribution in [0.3, 0.4) is 0 Å². The Hall–Kier alpha value is -2.07. The van der Waals surface area contributed by atoms with E-state index in [0.717, 1.165) is 30.7 Å². The predicted octanol–water partition coefficient (Wildman–Crippen LogP) is 5.36. The van der Waals surface area contributed by atoms with E-state index >= 15 is 0 Å². The number of rotatable bonds is 4. The lowest BCUT2D eigenvalue weighted by atomic mass is 9.83. The van der Waals surface area contributed by atoms with Crippen LogP contribution in [0, 0.1) is 6.92 Å². The lowest BCUT2D eigenvalue weighted by Crippen LogP contribution is -2.45. The quantitative estimate of drug-likeness (QED) is 0.724. The summed E-state index contributed by atoms with van der Waals surface area (Å²) in [5, 5.41) is 7.44. The van der Waals surface area contributed by atoms with Gasteiger partial charge in [0, 0.05) is 17.7 Å². The first-order valence-corrected chi connectivity index (χ1v) is 9.38. The maximum atomic E-state index is 6.36. The van der Waals surface area contributed by atoms with Crippen LogP contribution in [0.5, 0.6) is 5.75 Å². The molecule has 0 aromatic heterocycles. The van der Waals surface area contributed by atoms with Gasteiger partial charge < -0.3 is 15.4 Å². The summed E-state index contributed by atoms with van der Waals surface area (Å²) in [5.74, 6) is 0.966. The third-order valence-electron chi connectivity index (χ3n) is 5.10. The molecule has 1 atom stereocenters. The second-order valence-corrected chi connectivity index (χ2v) is 7.16. The Balaban J connectivity index is 1.78. The number of hydrogen-bond donors (Lipinski definition) is 2. The molecule has 0 aliphatic carbocycles. The Morgan fingerprint density at radius 3 is 2.48 bits per heavy atom. The van der Waals surface area contributed by atoms with Gasteiger partial charge in [-0.3, -0.25) is 0 Å². The van der Waals surface area contributed by atoms with Crippen LogP contribution in [-0.2, 0) is 0 Å². The monoisotopic (exact) mass is 354 g/mol. The van der Waals surface area contributed by atoms with E-state index in [9.17, 15) is 0 Å². The van der Waals surface area contributed by atoms with Gasteiger partial charge in [0.05, 0.1) is 6.04 Å². The summed E-state index contributed by atoms with van der Waals surface area (Å²) >= 11 is 5.56. The minimum Gasteiger partial charge on any atom is -0.487 e. The number of hydrogen-bond acceptors (Lipinski definition) is 2. The van der Waals surface area contributed by atoms with Crippen molar-refractivity contribution in [1.82, 2.24) is 5.32 Å². The Bertz CT molecular complexity index is 738. The van der Waals surface area contributed by atoms with Crippen LogP contribution in [0.15, 0.2) is 48.5 Å². The average molecular weight is 355 g/mol. The predicted molar refractivity (Wildman–Crippen MR) is 108 cm³/mol. The van der Waals surface area contributed by atoms with E-state index in [0.29, 0.717) is 5.11 Å². The van der Waals surface area contributed by atoms with Gasteiger partial charge >= 0.3 is 0 Å². The van der Waals surface area contributed by atoms with Crippen LogP contribution in [0.1, 0.15) is 50.3 Å². The molecule has 1 aliphatic heterocycles. The summed E-state index contributed by atoms with van der Waals surface area (Å²) in [7, 11) is 0. The molecule has 0 spiro atoms. The normalized spacial score (nSPS) is 18.0. The van der Waals surface area contributed by atoms with Crippen LogP contribution in [0.2, 0.25) is 0 Å². The van der Waals surface area contributed by atoms with Gasteiger partial charge in [0.2, 0.25) is 0 Å². The van der Waals surface area contributed by atoms with Crippen molar-refractivity contribution < 1.29 is 4.74 Å². The maximum absolute atomic E-state index is 6.36. The summed E-state index contributed by atoms with van der Waals surface area (Å²) in [6, 6.07) is 16.7. The first kappa shape index (κ1) is 17.7. The van der Waals surface area contributed by atoms with Crippen molar-refractivity contribution >= 4 is 23.0 Å². The Morgan fingerprint density at radius 1 is 1.12 bits per heavy atom. The second-order valence-electron chi connectivity index (χ2n) is 6.75. The highest BCUT2D eigenvalue weighted by atomic mass is 32.1. The summed E-state index contributed by atoms with van der Waals surface area (Å²) in [5.41, 5.74) is 3.28. The molecular weight excluding hydrogens is 328 g/mol. The average Bonchev–Trinajstić information content (AvgIpc) is 2.63. The Morgan fingerprint density at radius 2 is 1.80 bits per heavy atom. The van der Waals surface area contributed by atoms with Crippen molar-refractivity contribution in [3.05, 3.63) is 59.7 Å². The number of nitrogens with one attached hydrogen (secondary N) is 2. The minimum absolute atomic E-state index is 0.133. The number of para-hydroxylation sites is 1. The first-order chi connectivity index (χ1) is 12.0. The second kappa shape index (κ2) is 7.44. The molecule has 0 bridgehead atoms. The van der Waals surface area contributed by atoms with Gasteiger partial charge in [-0.15, -0.1) is 0 Å². The largest absolute Gasteiger partial charge is 0.487 e. The smallest absolute Gasteiger partial charge is 0.171 e. The van der Waals surface area contributed by atoms with Crippen LogP contribution in [-0.4, -0.2) is 10.7 Å². The van der Waals surface area contributed by atoms with Crippen LogP contribution < -0.4 is 15.4 Å². The summed E-state index contributed by atoms with van der Waals surface area (Å²) in [6.45, 7) is 6.46. The zero-order chi connectivity index (χ0) is 17.9. The molecule has 2 aromatic rings. The van der Waals surface area contributed by atoms with E-state index < -0.39 is 0 Å². The van der Waals surface area contributed by atoms with Gasteiger partial charge in [-0.25, -0.2) is 0 Å². The maximum Gasteiger partial charge on any atom is 0.171 e. The third-order valence-corrected chi connectivity index (χ3v) is 5.32. The highest BCUT2D eigenvalue weighted by Crippen LogP contribution is 2.42. The van der Waals surface area contributed by atoms with Gasteiger partial charge in [-0.2, -0.15) is 0 Å². The van der Waals surface area contributed by atoms with E-state index in [-0.39, 0.29) is 11.6 Å². The van der Waals surface area contributed by atoms with E-state index in [2.05, 4.69) is 61.7 Å². The molecule has 0 saturated heterocycles. The Kier molecular flexibility index (Phi) is 5.28. The van der Waals surface area contributed by atoms with Gasteiger partial charge in [0.25, 0.3) is 0 Å². The van der Waals surface area contributed by atoms with Crippen molar-refractivity contribution in [1.29, 1.82) is 0 Å². The van der Waals surface area contributed by atoms with Crippen molar-refractivity contribution in [2.45, 2.75) is 51.7 Å². The number of fused-ring (bicyclic) bond motifs is 1. The van der Waals surface area contributed by atoms with E-state index in [1.165, 1.54) is 11.1 Å². The number of thiocarbonyl (C=S) groups is 1. The summed E-state index contributed by atoms with van der Waals surface area (Å²) < 4.78 is 6.36. The summed E-state index contributed by atoms with van der Waals surface area (Å²) in [6.07, 6.45) is 2.87. The number of benzene rings is 2. The molecule has 1 unspecified atom stereocenters. The van der Waals surface area contributed by atoms with Crippen LogP contribution >= 0.6 is 12.2 Å². The molecule has 0 saturated carbocycles. The van der Waals surface area contributed by atoms with Gasteiger partial charge in [0.15, 0.2) is 5.11 Å². The molecule has 3 nitrogen and oxygen atoms in total. The fraction of sp³-hybridized carbons (Fsp3) is 0.381. The lowest BCUT2D eigenvalue weighted by Gasteiger charge is -2.42. The van der Waals surface area contributed by atoms with Crippen molar-refractivity contribution in [2.24, 2.45) is 0 Å². The molecule has 4 heteroatoms. The molecule has 0 fully saturated rings. The zero-order valence-electron chi connectivity index (χ0n) is 15.1. The highest BCUT2D eigenvalue weighted by molar-refractivity contribution is 7.80. The molecule has 0 radical (unpaired) electrons. The number of aryl methyl sites for hydroxylation is 1. The third kappa shape index (κ3) is 3.96. The summed E-state index contributed by atoms with van der Waals surface area (Å²) in [4.78, 5) is 0. The van der Waals surface area contributed by atoms with Crippen molar-refractivity contribution in [3.8, 4) is 5.75 Å². The van der Waals surface area contributed by atoms with Crippen molar-refractivity contribution in [2.75, 3.05) is 5.32 Å². The fourth-order valence-corrected chi connectivity index (χ4v) is 3.65. The molecule has 2 N–H and O–H groups in total. The topological polar surface area (TPSA) is 33.3 Å². The zero-order valence-corrected chi connectivity index (χ0v) is 16.0. The molecular formula is C21H26N2OS. The van der Waals surface area contributed by atoms with Gasteiger partial charge in [-0.05, 0) is 50.2 Å². The van der Waals surface area contributed by atoms with Crippen LogP contribution in [0.25, 0.3) is 0 Å². The van der Waals surface area contributed by atoms with Gasteiger partial charge in [0.1, 0.15) is 11.4 Å². The van der Waals surface area contributed by atoms with E-state index in [1.54, 1.807) is 0 Å². The van der Waals surface area contributed by atoms with Crippen molar-refractivity contribution in [3.63, 3.8) is 0 Å². The van der Waals surface area contributed by atoms with E-state index in [1.807, 2.05) is 18.2 Å². The molecule has 2 aromatic carbocycles. The first-order valence-electron chi connectivity index (χ1n) is 8.97. The molecule has 0 amide bonds. The molecule has 1 aliphatic rings. The lowest BCUT2D eigenvalue weighted by molar-refractivity contribution is 0.0256. The Labute approximate surface area is 155 Å². The molecule has 25 heavy (non-hydrogen) atoms. The minimum atomic E-state index is -0.133. The highest BCUT2D eigenvalue weighted by Gasteiger charge is 2.38. The van der Waals surface area contributed by atoms with E-state index in [4.69, 9.17) is 17.0 Å². The standard InChI is InChI=1S/C21H26N2OS/c1-4-21(5-2)14-18(17-8-6-7-9-19(17)24-21)23-20(25)22-16-12-10-15(3)11-13-16/h6-13,18H,4-5,14H2,1-3H3,(H2,22,23,25). The fourth-order valence-electron chi connectivity index (χ4n) is 3.39. The van der Waals surface area contributed by atoms with Gasteiger partial charge in [-0.1, -0.05) is 49.7 Å². The molecule has 132 valence electrons. The molecule has 1 heterocycles. The SMILES string of the molecule is CCC1(CC)CC(NC(=S)Nc2ccc(C)cc2)c2ccccc2O1. The number of anilines is 1. The number of ether oxygens (including phenoxy) is 1.